The van der Waals surface area contributed by atoms with E-state index in [2.05, 4.69) is 36.0 Å². The molecule has 0 unspecified atom stereocenters. The molecule has 1 aromatic carbocycles. The van der Waals surface area contributed by atoms with E-state index >= 15 is 0 Å². The minimum absolute atomic E-state index is 0.0522. The fraction of sp³-hybridized carbons (Fsp3) is 0.231. The summed E-state index contributed by atoms with van der Waals surface area (Å²) in [6, 6.07) is 4.31. The molecule has 2 rings (SSSR count). The molecule has 0 fully saturated rings. The predicted octanol–water partition coefficient (Wildman–Crippen LogP) is 2.21. The van der Waals surface area contributed by atoms with Crippen molar-refractivity contribution in [2.45, 2.75) is 11.4 Å². The van der Waals surface area contributed by atoms with Crippen molar-refractivity contribution >= 4 is 45.1 Å². The highest BCUT2D eigenvalue weighted by molar-refractivity contribution is 9.10. The molecule has 8 nitrogen and oxygen atoms in total. The molecule has 24 heavy (non-hydrogen) atoms. The Morgan fingerprint density at radius 3 is 2.92 bits per heavy atom. The molecule has 2 aromatic rings. The summed E-state index contributed by atoms with van der Waals surface area (Å²) in [5, 5.41) is 20.4. The molecule has 1 heterocycles. The summed E-state index contributed by atoms with van der Waals surface area (Å²) in [6.45, 7) is 0. The van der Waals surface area contributed by atoms with Crippen molar-refractivity contribution in [1.82, 2.24) is 10.3 Å². The second kappa shape index (κ2) is 8.11. The predicted molar refractivity (Wildman–Crippen MR) is 89.7 cm³/mol. The topological polar surface area (TPSA) is 118 Å². The molecule has 0 atom stereocenters. The molecular formula is C13H13BrFN5O3S. The SMILES string of the molecule is CN(/C(=N\O)c1nonc1SCCC(N)=O)c1ccc(F)c(Br)c1. The first-order valence-corrected chi connectivity index (χ1v) is 8.36. The molecule has 0 bridgehead atoms. The molecule has 0 aliphatic rings. The monoisotopic (exact) mass is 417 g/mol. The molecule has 0 saturated carbocycles. The van der Waals surface area contributed by atoms with Gasteiger partial charge in [-0.25, -0.2) is 9.02 Å². The quantitative estimate of drug-likeness (QED) is 0.243. The van der Waals surface area contributed by atoms with Gasteiger partial charge in [-0.3, -0.25) is 4.79 Å². The minimum Gasteiger partial charge on any atom is -0.409 e. The van der Waals surface area contributed by atoms with Crippen molar-refractivity contribution in [2.75, 3.05) is 17.7 Å². The number of amidine groups is 1. The summed E-state index contributed by atoms with van der Waals surface area (Å²) in [6.07, 6.45) is 0.156. The number of nitrogens with two attached hydrogens (primary N) is 1. The number of thioether (sulfide) groups is 1. The molecular weight excluding hydrogens is 405 g/mol. The third-order valence-electron chi connectivity index (χ3n) is 2.96. The van der Waals surface area contributed by atoms with Crippen molar-refractivity contribution in [3.05, 3.63) is 34.2 Å². The normalized spacial score (nSPS) is 11.5. The van der Waals surface area contributed by atoms with Gasteiger partial charge in [0.15, 0.2) is 10.7 Å². The van der Waals surface area contributed by atoms with Crippen molar-refractivity contribution in [2.24, 2.45) is 10.9 Å². The van der Waals surface area contributed by atoms with Crippen LogP contribution < -0.4 is 10.6 Å². The number of benzene rings is 1. The Kier molecular flexibility index (Phi) is 6.15. The number of hydrogen-bond donors (Lipinski definition) is 2. The van der Waals surface area contributed by atoms with Crippen LogP contribution >= 0.6 is 27.7 Å². The van der Waals surface area contributed by atoms with E-state index in [-0.39, 0.29) is 22.4 Å². The Bertz CT molecular complexity index is 770. The number of anilines is 1. The summed E-state index contributed by atoms with van der Waals surface area (Å²) in [5.41, 5.74) is 5.83. The fourth-order valence-corrected chi connectivity index (χ4v) is 2.96. The van der Waals surface area contributed by atoms with Gasteiger partial charge in [-0.1, -0.05) is 16.9 Å². The van der Waals surface area contributed by atoms with Gasteiger partial charge in [0.25, 0.3) is 0 Å². The first kappa shape index (κ1) is 18.2. The smallest absolute Gasteiger partial charge is 0.218 e. The second-order valence-electron chi connectivity index (χ2n) is 4.56. The first-order valence-electron chi connectivity index (χ1n) is 6.59. The summed E-state index contributed by atoms with van der Waals surface area (Å²) < 4.78 is 18.3. The van der Waals surface area contributed by atoms with E-state index < -0.39 is 11.7 Å². The fourth-order valence-electron chi connectivity index (χ4n) is 1.75. The van der Waals surface area contributed by atoms with E-state index in [4.69, 9.17) is 5.73 Å². The second-order valence-corrected chi connectivity index (χ2v) is 6.50. The molecule has 11 heteroatoms. The maximum Gasteiger partial charge on any atom is 0.218 e. The Morgan fingerprint density at radius 1 is 1.54 bits per heavy atom. The van der Waals surface area contributed by atoms with Gasteiger partial charge in [0, 0.05) is 24.9 Å². The number of carbonyl (C=O) groups excluding carboxylic acids is 1. The van der Waals surface area contributed by atoms with Crippen molar-refractivity contribution < 1.29 is 19.0 Å². The number of amides is 1. The van der Waals surface area contributed by atoms with Crippen LogP contribution in [-0.2, 0) is 4.79 Å². The number of hydrogen-bond acceptors (Lipinski definition) is 7. The van der Waals surface area contributed by atoms with Crippen LogP contribution in [0.2, 0.25) is 0 Å². The van der Waals surface area contributed by atoms with Gasteiger partial charge < -0.3 is 15.8 Å². The molecule has 128 valence electrons. The molecule has 0 aliphatic carbocycles. The highest BCUT2D eigenvalue weighted by Gasteiger charge is 2.22. The van der Waals surface area contributed by atoms with Crippen molar-refractivity contribution in [3.8, 4) is 0 Å². The average Bonchev–Trinajstić information content (AvgIpc) is 2.98. The maximum atomic E-state index is 13.4. The van der Waals surface area contributed by atoms with Crippen molar-refractivity contribution in [1.29, 1.82) is 0 Å². The van der Waals surface area contributed by atoms with E-state index in [1.165, 1.54) is 34.9 Å². The Labute approximate surface area is 149 Å². The molecule has 0 spiro atoms. The first-order chi connectivity index (χ1) is 11.4. The lowest BCUT2D eigenvalue weighted by Gasteiger charge is -2.19. The Hall–Kier alpha value is -2.14. The third kappa shape index (κ3) is 4.23. The number of carbonyl (C=O) groups is 1. The highest BCUT2D eigenvalue weighted by atomic mass is 79.9. The van der Waals surface area contributed by atoms with Gasteiger partial charge >= 0.3 is 0 Å². The summed E-state index contributed by atoms with van der Waals surface area (Å²) in [4.78, 5) is 12.3. The largest absolute Gasteiger partial charge is 0.409 e. The number of aromatic nitrogens is 2. The lowest BCUT2D eigenvalue weighted by atomic mass is 10.2. The van der Waals surface area contributed by atoms with Gasteiger partial charge in [-0.2, -0.15) is 0 Å². The zero-order chi connectivity index (χ0) is 17.7. The molecule has 0 aliphatic heterocycles. The molecule has 1 aromatic heterocycles. The lowest BCUT2D eigenvalue weighted by molar-refractivity contribution is -0.117. The summed E-state index contributed by atoms with van der Waals surface area (Å²) >= 11 is 4.29. The molecule has 3 N–H and O–H groups in total. The van der Waals surface area contributed by atoms with Crippen LogP contribution in [0.5, 0.6) is 0 Å². The number of rotatable bonds is 6. The zero-order valence-corrected chi connectivity index (χ0v) is 14.8. The van der Waals surface area contributed by atoms with Gasteiger partial charge in [-0.05, 0) is 44.4 Å². The van der Waals surface area contributed by atoms with Gasteiger partial charge in [0.1, 0.15) is 5.82 Å². The van der Waals surface area contributed by atoms with Crippen LogP contribution in [-0.4, -0.2) is 40.1 Å². The van der Waals surface area contributed by atoms with Gasteiger partial charge in [-0.15, -0.1) is 0 Å². The third-order valence-corrected chi connectivity index (χ3v) is 4.52. The molecule has 1 amide bonds. The van der Waals surface area contributed by atoms with E-state index in [0.717, 1.165) is 0 Å². The van der Waals surface area contributed by atoms with Crippen LogP contribution in [0.1, 0.15) is 12.1 Å². The van der Waals surface area contributed by atoms with E-state index in [1.807, 2.05) is 0 Å². The standard InChI is InChI=1S/C13H13BrFN5O3S/c1-20(7-2-3-9(15)8(14)6-7)12(17-22)11-13(19-23-18-11)24-5-4-10(16)21/h2-3,6,22H,4-5H2,1H3,(H2,16,21)/b17-12-. The van der Waals surface area contributed by atoms with E-state index in [0.29, 0.717) is 16.5 Å². The average molecular weight is 418 g/mol. The maximum absolute atomic E-state index is 13.4. The summed E-state index contributed by atoms with van der Waals surface area (Å²) in [5.74, 6) is -0.428. The van der Waals surface area contributed by atoms with Crippen LogP contribution in [0.3, 0.4) is 0 Å². The van der Waals surface area contributed by atoms with Gasteiger partial charge in [0.2, 0.25) is 11.7 Å². The van der Waals surface area contributed by atoms with Crippen molar-refractivity contribution in [3.63, 3.8) is 0 Å². The number of oxime groups is 1. The van der Waals surface area contributed by atoms with Crippen LogP contribution in [0.15, 0.2) is 37.5 Å². The molecule has 0 radical (unpaired) electrons. The molecule has 0 saturated heterocycles. The number of primary amides is 1. The zero-order valence-electron chi connectivity index (χ0n) is 12.4. The number of nitrogens with zero attached hydrogens (tertiary/aromatic N) is 4. The number of halogens is 2. The van der Waals surface area contributed by atoms with E-state index in [1.54, 1.807) is 7.05 Å². The van der Waals surface area contributed by atoms with E-state index in [9.17, 15) is 14.4 Å². The minimum atomic E-state index is -0.440. The Morgan fingerprint density at radius 2 is 2.29 bits per heavy atom. The summed E-state index contributed by atoms with van der Waals surface area (Å²) in [7, 11) is 1.61. The Balaban J connectivity index is 2.24. The van der Waals surface area contributed by atoms with Gasteiger partial charge in [0.05, 0.1) is 4.47 Å². The lowest BCUT2D eigenvalue weighted by Crippen LogP contribution is -2.28. The van der Waals surface area contributed by atoms with Crippen LogP contribution in [0.4, 0.5) is 10.1 Å². The highest BCUT2D eigenvalue weighted by Crippen LogP contribution is 2.26. The van der Waals surface area contributed by atoms with Crippen LogP contribution in [0, 0.1) is 5.82 Å². The van der Waals surface area contributed by atoms with Crippen LogP contribution in [0.25, 0.3) is 0 Å².